The van der Waals surface area contributed by atoms with E-state index in [1.165, 1.54) is 0 Å². The number of alkyl halides is 15. The van der Waals surface area contributed by atoms with Gasteiger partial charge in [0.2, 0.25) is 0 Å². The summed E-state index contributed by atoms with van der Waals surface area (Å²) >= 11 is 0. The maximum atomic E-state index is 13.4. The van der Waals surface area contributed by atoms with E-state index in [0.29, 0.717) is 0 Å². The molecule has 150 valence electrons. The van der Waals surface area contributed by atoms with Crippen LogP contribution in [-0.4, -0.2) is 52.8 Å². The fourth-order valence-corrected chi connectivity index (χ4v) is 1.42. The molecular formula is C8HF15O2. The van der Waals surface area contributed by atoms with Crippen LogP contribution in [0.5, 0.6) is 0 Å². The van der Waals surface area contributed by atoms with Crippen LogP contribution in [0.15, 0.2) is 0 Å². The average molecular weight is 414 g/mol. The number of carboxylic acids is 1. The van der Waals surface area contributed by atoms with Crippen LogP contribution >= 0.6 is 0 Å². The topological polar surface area (TPSA) is 37.3 Å². The summed E-state index contributed by atoms with van der Waals surface area (Å²) < 4.78 is 187. The number of aliphatic carboxylic acids is 1. The van der Waals surface area contributed by atoms with Crippen molar-refractivity contribution in [2.24, 2.45) is 0 Å². The number of halogens is 15. The first-order valence-corrected chi connectivity index (χ1v) is 5.01. The highest BCUT2D eigenvalue weighted by atomic mass is 19.4. The van der Waals surface area contributed by atoms with Gasteiger partial charge in [0.05, 0.1) is 0 Å². The van der Waals surface area contributed by atoms with E-state index in [1.54, 1.807) is 0 Å². The minimum absolute atomic E-state index is 4.69. The Morgan fingerprint density at radius 2 is 0.840 bits per heavy atom. The fourth-order valence-electron chi connectivity index (χ4n) is 1.42. The molecule has 0 aliphatic carbocycles. The van der Waals surface area contributed by atoms with Gasteiger partial charge in [-0.2, -0.15) is 57.1 Å². The van der Waals surface area contributed by atoms with Gasteiger partial charge in [-0.3, -0.25) is 0 Å². The van der Waals surface area contributed by atoms with Crippen LogP contribution in [0.2, 0.25) is 0 Å². The van der Waals surface area contributed by atoms with E-state index in [4.69, 9.17) is 5.11 Å². The van der Waals surface area contributed by atoms with Crippen molar-refractivity contribution in [2.45, 2.75) is 41.7 Å². The van der Waals surface area contributed by atoms with Crippen molar-refractivity contribution >= 4 is 5.97 Å². The third kappa shape index (κ3) is 2.74. The first-order chi connectivity index (χ1) is 10.4. The van der Waals surface area contributed by atoms with E-state index >= 15 is 0 Å². The van der Waals surface area contributed by atoms with E-state index in [2.05, 4.69) is 0 Å². The molecule has 0 heterocycles. The highest BCUT2D eigenvalue weighted by molar-refractivity contribution is 5.80. The molecule has 0 fully saturated rings. The van der Waals surface area contributed by atoms with Gasteiger partial charge in [-0.15, -0.1) is 0 Å². The van der Waals surface area contributed by atoms with Crippen molar-refractivity contribution < 1.29 is 75.8 Å². The van der Waals surface area contributed by atoms with Crippen molar-refractivity contribution in [3.63, 3.8) is 0 Å². The van der Waals surface area contributed by atoms with Gasteiger partial charge in [0, 0.05) is 0 Å². The molecule has 25 heavy (non-hydrogen) atoms. The Bertz CT molecular complexity index is 527. The van der Waals surface area contributed by atoms with Crippen molar-refractivity contribution in [1.29, 1.82) is 0 Å². The quantitative estimate of drug-likeness (QED) is 0.691. The van der Waals surface area contributed by atoms with Crippen molar-refractivity contribution in [2.75, 3.05) is 0 Å². The molecule has 0 aliphatic rings. The Balaban J connectivity index is 7.18. The van der Waals surface area contributed by atoms with Crippen LogP contribution in [0.1, 0.15) is 0 Å². The second-order valence-electron chi connectivity index (χ2n) is 4.26. The molecule has 2 nitrogen and oxygen atoms in total. The monoisotopic (exact) mass is 414 g/mol. The summed E-state index contributed by atoms with van der Waals surface area (Å²) in [7, 11) is 0. The molecule has 0 bridgehead atoms. The third-order valence-corrected chi connectivity index (χ3v) is 2.73. The van der Waals surface area contributed by atoms with Crippen LogP contribution in [0, 0.1) is 0 Å². The molecule has 0 radical (unpaired) electrons. The summed E-state index contributed by atoms with van der Waals surface area (Å²) in [6.07, 6.45) is -23.8. The first kappa shape index (κ1) is 23.4. The number of hydrogen-bond acceptors (Lipinski definition) is 1. The zero-order valence-corrected chi connectivity index (χ0v) is 10.5. The lowest BCUT2D eigenvalue weighted by molar-refractivity contribution is -0.447. The molecule has 0 aromatic rings. The van der Waals surface area contributed by atoms with Gasteiger partial charge < -0.3 is 5.11 Å². The predicted octanol–water partition coefficient (Wildman–Crippen LogP) is 4.45. The first-order valence-electron chi connectivity index (χ1n) is 5.01. The summed E-state index contributed by atoms with van der Waals surface area (Å²) in [6.45, 7) is 0. The Labute approximate surface area is 125 Å². The largest absolute Gasteiger partial charge is 0.478 e. The van der Waals surface area contributed by atoms with Crippen molar-refractivity contribution in [3.8, 4) is 0 Å². The smallest absolute Gasteiger partial charge is 0.457 e. The number of rotatable bonds is 4. The standard InChI is InChI=1S/C8HF15O2/c9-2(1(24)25,6(15,16)17)4(11,12)3(10,7(18,19)20)5(13,14)8(21,22)23/h(H,24,25). The van der Waals surface area contributed by atoms with Crippen LogP contribution < -0.4 is 0 Å². The zero-order chi connectivity index (χ0) is 21.1. The maximum absolute atomic E-state index is 13.4. The Kier molecular flexibility index (Phi) is 5.11. The molecule has 2 atom stereocenters. The minimum Gasteiger partial charge on any atom is -0.478 e. The number of carboxylic acid groups (broad SMARTS) is 1. The zero-order valence-electron chi connectivity index (χ0n) is 10.5. The highest BCUT2D eigenvalue weighted by Crippen LogP contribution is 2.64. The van der Waals surface area contributed by atoms with Crippen molar-refractivity contribution in [3.05, 3.63) is 0 Å². The number of hydrogen-bond donors (Lipinski definition) is 1. The normalized spacial score (nSPS) is 20.0. The van der Waals surface area contributed by atoms with E-state index < -0.39 is 47.7 Å². The van der Waals surface area contributed by atoms with Crippen LogP contribution in [-0.2, 0) is 4.79 Å². The van der Waals surface area contributed by atoms with Gasteiger partial charge in [0.25, 0.3) is 0 Å². The average Bonchev–Trinajstić information content (AvgIpc) is 2.31. The van der Waals surface area contributed by atoms with Crippen LogP contribution in [0.3, 0.4) is 0 Å². The lowest BCUT2D eigenvalue weighted by Crippen LogP contribution is -2.79. The fraction of sp³-hybridized carbons (Fsp3) is 0.875. The molecule has 0 rings (SSSR count). The Morgan fingerprint density at radius 1 is 0.520 bits per heavy atom. The molecule has 0 aromatic heterocycles. The van der Waals surface area contributed by atoms with Crippen LogP contribution in [0.25, 0.3) is 0 Å². The molecule has 0 saturated carbocycles. The lowest BCUT2D eigenvalue weighted by Gasteiger charge is -2.44. The SMILES string of the molecule is O=C(O)C(F)(C(F)(F)F)C(F)(F)C(F)(C(F)(F)F)C(F)(F)C(F)(F)F. The van der Waals surface area contributed by atoms with Gasteiger partial charge in [-0.05, 0) is 0 Å². The highest BCUT2D eigenvalue weighted by Gasteiger charge is 2.97. The van der Waals surface area contributed by atoms with Crippen molar-refractivity contribution in [1.82, 2.24) is 0 Å². The Morgan fingerprint density at radius 3 is 1.00 bits per heavy atom. The van der Waals surface area contributed by atoms with E-state index in [0.717, 1.165) is 0 Å². The van der Waals surface area contributed by atoms with Crippen LogP contribution in [0.4, 0.5) is 65.9 Å². The van der Waals surface area contributed by atoms with Gasteiger partial charge >= 0.3 is 47.7 Å². The second kappa shape index (κ2) is 5.46. The summed E-state index contributed by atoms with van der Waals surface area (Å²) in [6, 6.07) is 0. The lowest BCUT2D eigenvalue weighted by atomic mass is 9.79. The summed E-state index contributed by atoms with van der Waals surface area (Å²) in [4.78, 5) is 10.0. The molecule has 2 unspecified atom stereocenters. The van der Waals surface area contributed by atoms with E-state index in [9.17, 15) is 70.7 Å². The second-order valence-corrected chi connectivity index (χ2v) is 4.26. The van der Waals surface area contributed by atoms with Gasteiger partial charge in [0.15, 0.2) is 0 Å². The van der Waals surface area contributed by atoms with Gasteiger partial charge in [-0.1, -0.05) is 0 Å². The molecular weight excluding hydrogens is 413 g/mol. The predicted molar refractivity (Wildman–Crippen MR) is 43.4 cm³/mol. The minimum atomic E-state index is -8.63. The molecule has 0 saturated heterocycles. The van der Waals surface area contributed by atoms with Gasteiger partial charge in [-0.25, -0.2) is 13.6 Å². The Hall–Kier alpha value is -1.58. The number of carbonyl (C=O) groups is 1. The van der Waals surface area contributed by atoms with E-state index in [-0.39, 0.29) is 0 Å². The summed E-state index contributed by atoms with van der Waals surface area (Å²) in [5.41, 5.74) is -16.4. The van der Waals surface area contributed by atoms with Gasteiger partial charge in [0.1, 0.15) is 0 Å². The molecule has 17 heteroatoms. The summed E-state index contributed by atoms with van der Waals surface area (Å²) in [5, 5.41) is 7.77. The molecule has 0 aromatic carbocycles. The third-order valence-electron chi connectivity index (χ3n) is 2.73. The molecule has 0 spiro atoms. The van der Waals surface area contributed by atoms with E-state index in [1.807, 2.05) is 0 Å². The maximum Gasteiger partial charge on any atom is 0.457 e. The molecule has 1 N–H and O–H groups in total. The summed E-state index contributed by atoms with van der Waals surface area (Å²) in [5.74, 6) is -21.6. The molecule has 0 amide bonds. The molecule has 0 aliphatic heterocycles.